The van der Waals surface area contributed by atoms with Gasteiger partial charge in [-0.3, -0.25) is 0 Å². The zero-order valence-corrected chi connectivity index (χ0v) is 8.12. The maximum Gasteiger partial charge on any atom is 0.337 e. The summed E-state index contributed by atoms with van der Waals surface area (Å²) in [4.78, 5) is 11.0. The van der Waals surface area contributed by atoms with Gasteiger partial charge >= 0.3 is 5.97 Å². The summed E-state index contributed by atoms with van der Waals surface area (Å²) < 4.78 is 5.03. The molecule has 1 aromatic rings. The lowest BCUT2D eigenvalue weighted by Gasteiger charge is -2.27. The lowest BCUT2D eigenvalue weighted by atomic mass is 9.93. The molecule has 3 nitrogen and oxygen atoms in total. The predicted molar refractivity (Wildman–Crippen MR) is 52.0 cm³/mol. The highest BCUT2D eigenvalue weighted by Crippen LogP contribution is 2.30. The van der Waals surface area contributed by atoms with Crippen molar-refractivity contribution in [2.75, 3.05) is 13.2 Å². The number of benzene rings is 1. The van der Waals surface area contributed by atoms with Crippen molar-refractivity contribution in [3.63, 3.8) is 0 Å². The molecule has 1 heterocycles. The van der Waals surface area contributed by atoms with Gasteiger partial charge in [-0.1, -0.05) is 23.7 Å². The Labute approximate surface area is 86.3 Å². The van der Waals surface area contributed by atoms with Crippen LogP contribution in [0, 0.1) is 0 Å². The summed E-state index contributed by atoms with van der Waals surface area (Å²) in [5, 5.41) is 9.28. The van der Waals surface area contributed by atoms with Crippen molar-refractivity contribution in [3.8, 4) is 0 Å². The number of aromatic carboxylic acids is 1. The molecule has 0 unspecified atom stereocenters. The van der Waals surface area contributed by atoms with Crippen molar-refractivity contribution >= 4 is 17.6 Å². The molecular formula is C10H9ClO3. The van der Waals surface area contributed by atoms with Crippen molar-refractivity contribution in [2.24, 2.45) is 0 Å². The van der Waals surface area contributed by atoms with E-state index < -0.39 is 5.97 Å². The number of carbonyl (C=O) groups is 1. The summed E-state index contributed by atoms with van der Waals surface area (Å²) in [7, 11) is 0. The molecule has 74 valence electrons. The summed E-state index contributed by atoms with van der Waals surface area (Å²) in [5.41, 5.74) is 0.985. The maximum atomic E-state index is 11.0. The van der Waals surface area contributed by atoms with E-state index in [2.05, 4.69) is 0 Å². The van der Waals surface area contributed by atoms with Crippen molar-refractivity contribution in [1.29, 1.82) is 0 Å². The van der Waals surface area contributed by atoms with Gasteiger partial charge in [0.25, 0.3) is 0 Å². The summed E-state index contributed by atoms with van der Waals surface area (Å²) in [6.07, 6.45) is 0. The molecule has 0 bridgehead atoms. The Morgan fingerprint density at radius 1 is 1.50 bits per heavy atom. The number of hydrogen-bond acceptors (Lipinski definition) is 2. The molecule has 0 saturated carbocycles. The average molecular weight is 213 g/mol. The van der Waals surface area contributed by atoms with Crippen LogP contribution in [0.1, 0.15) is 21.8 Å². The van der Waals surface area contributed by atoms with Gasteiger partial charge in [-0.05, 0) is 11.6 Å². The molecule has 4 heteroatoms. The van der Waals surface area contributed by atoms with Gasteiger partial charge in [0.15, 0.2) is 0 Å². The van der Waals surface area contributed by atoms with E-state index in [1.165, 1.54) is 0 Å². The number of hydrogen-bond donors (Lipinski definition) is 1. The van der Waals surface area contributed by atoms with E-state index in [0.29, 0.717) is 18.2 Å². The molecule has 14 heavy (non-hydrogen) atoms. The largest absolute Gasteiger partial charge is 0.478 e. The lowest BCUT2D eigenvalue weighted by Crippen LogP contribution is -2.27. The summed E-state index contributed by atoms with van der Waals surface area (Å²) in [5.74, 6) is -0.794. The fraction of sp³-hybridized carbons (Fsp3) is 0.300. The van der Waals surface area contributed by atoms with Gasteiger partial charge < -0.3 is 9.84 Å². The van der Waals surface area contributed by atoms with Gasteiger partial charge in [0, 0.05) is 5.92 Å². The Morgan fingerprint density at radius 3 is 2.71 bits per heavy atom. The van der Waals surface area contributed by atoms with E-state index >= 15 is 0 Å². The van der Waals surface area contributed by atoms with Crippen LogP contribution in [0.25, 0.3) is 0 Å². The van der Waals surface area contributed by atoms with Crippen LogP contribution in [0.2, 0.25) is 5.02 Å². The standard InChI is InChI=1S/C10H9ClO3/c11-8-3-1-2-7(6-4-14-5-6)9(8)10(12)13/h1-3,6H,4-5H2,(H,12,13). The third kappa shape index (κ3) is 1.49. The molecule has 0 spiro atoms. The molecule has 1 N–H and O–H groups in total. The second-order valence-corrected chi connectivity index (χ2v) is 3.65. The van der Waals surface area contributed by atoms with Crippen LogP contribution in [0.3, 0.4) is 0 Å². The Balaban J connectivity index is 2.46. The zero-order chi connectivity index (χ0) is 10.1. The fourth-order valence-corrected chi connectivity index (χ4v) is 1.78. The van der Waals surface area contributed by atoms with Crippen LogP contribution in [0.4, 0.5) is 0 Å². The normalized spacial score (nSPS) is 16.4. The van der Waals surface area contributed by atoms with Crippen LogP contribution in [0.5, 0.6) is 0 Å². The first-order chi connectivity index (χ1) is 6.70. The zero-order valence-electron chi connectivity index (χ0n) is 7.37. The molecule has 2 rings (SSSR count). The number of halogens is 1. The van der Waals surface area contributed by atoms with Gasteiger partial charge in [-0.2, -0.15) is 0 Å². The number of carboxylic acids is 1. The van der Waals surface area contributed by atoms with Gasteiger partial charge in [0.2, 0.25) is 0 Å². The molecule has 1 fully saturated rings. The first-order valence-electron chi connectivity index (χ1n) is 4.29. The monoisotopic (exact) mass is 212 g/mol. The Morgan fingerprint density at radius 2 is 2.21 bits per heavy atom. The Hall–Kier alpha value is -1.06. The van der Waals surface area contributed by atoms with Gasteiger partial charge in [0.05, 0.1) is 23.8 Å². The quantitative estimate of drug-likeness (QED) is 0.817. The van der Waals surface area contributed by atoms with E-state index in [0.717, 1.165) is 5.56 Å². The van der Waals surface area contributed by atoms with Gasteiger partial charge in [-0.15, -0.1) is 0 Å². The van der Waals surface area contributed by atoms with Crippen LogP contribution in [-0.4, -0.2) is 24.3 Å². The van der Waals surface area contributed by atoms with Gasteiger partial charge in [0.1, 0.15) is 0 Å². The minimum atomic E-state index is -0.975. The average Bonchev–Trinajstić information content (AvgIpc) is 1.99. The second kappa shape index (κ2) is 3.59. The summed E-state index contributed by atoms with van der Waals surface area (Å²) in [6.45, 7) is 1.17. The number of rotatable bonds is 2. The molecule has 1 aliphatic rings. The summed E-state index contributed by atoms with van der Waals surface area (Å²) >= 11 is 5.83. The first kappa shape index (κ1) is 9.49. The second-order valence-electron chi connectivity index (χ2n) is 3.24. The van der Waals surface area contributed by atoms with E-state index in [1.807, 2.05) is 0 Å². The molecule has 1 aliphatic heterocycles. The van der Waals surface area contributed by atoms with Crippen LogP contribution in [0.15, 0.2) is 18.2 Å². The lowest BCUT2D eigenvalue weighted by molar-refractivity contribution is 0.00788. The van der Waals surface area contributed by atoms with E-state index in [4.69, 9.17) is 21.4 Å². The molecule has 0 amide bonds. The van der Waals surface area contributed by atoms with E-state index in [-0.39, 0.29) is 11.5 Å². The highest BCUT2D eigenvalue weighted by Gasteiger charge is 2.26. The van der Waals surface area contributed by atoms with Gasteiger partial charge in [-0.25, -0.2) is 4.79 Å². The van der Waals surface area contributed by atoms with Crippen molar-refractivity contribution < 1.29 is 14.6 Å². The molecule has 0 aliphatic carbocycles. The third-order valence-corrected chi connectivity index (χ3v) is 2.65. The minimum absolute atomic E-state index is 0.180. The van der Waals surface area contributed by atoms with E-state index in [1.54, 1.807) is 18.2 Å². The van der Waals surface area contributed by atoms with Crippen molar-refractivity contribution in [3.05, 3.63) is 34.3 Å². The molecular weight excluding hydrogens is 204 g/mol. The molecule has 0 atom stereocenters. The molecule has 0 radical (unpaired) electrons. The van der Waals surface area contributed by atoms with Crippen LogP contribution in [-0.2, 0) is 4.74 Å². The van der Waals surface area contributed by atoms with Crippen molar-refractivity contribution in [1.82, 2.24) is 0 Å². The van der Waals surface area contributed by atoms with Crippen LogP contribution >= 0.6 is 11.6 Å². The third-order valence-electron chi connectivity index (χ3n) is 2.34. The highest BCUT2D eigenvalue weighted by atomic mass is 35.5. The smallest absolute Gasteiger partial charge is 0.337 e. The highest BCUT2D eigenvalue weighted by molar-refractivity contribution is 6.33. The predicted octanol–water partition coefficient (Wildman–Crippen LogP) is 2.15. The molecule has 1 saturated heterocycles. The van der Waals surface area contributed by atoms with E-state index in [9.17, 15) is 4.79 Å². The summed E-state index contributed by atoms with van der Waals surface area (Å²) in [6, 6.07) is 5.15. The SMILES string of the molecule is O=C(O)c1c(Cl)cccc1C1COC1. The first-order valence-corrected chi connectivity index (χ1v) is 4.67. The number of ether oxygens (including phenoxy) is 1. The van der Waals surface area contributed by atoms with Crippen molar-refractivity contribution in [2.45, 2.75) is 5.92 Å². The molecule has 0 aromatic heterocycles. The fourth-order valence-electron chi connectivity index (χ4n) is 1.52. The Kier molecular flexibility index (Phi) is 2.44. The Bertz CT molecular complexity index is 372. The minimum Gasteiger partial charge on any atom is -0.478 e. The maximum absolute atomic E-state index is 11.0. The number of carboxylic acid groups (broad SMARTS) is 1. The topological polar surface area (TPSA) is 46.5 Å². The van der Waals surface area contributed by atoms with Crippen LogP contribution < -0.4 is 0 Å². The molecule has 1 aromatic carbocycles.